The number of aromatic nitrogens is 5. The SMILES string of the molecule is CC(C)C[C@H](NC(=O)[C@H](CC(C)C)NC(=O)[C@@H](Cc1cnc[nH]1)NC(=O)CNC(=O)[C@@H](Cc1c[nH]c2ccccc12)NC(=O)[C@H](C)NC(=O)[C@@H](Cc1ccccc1)NC(=O)[C@H](Cc1cnc[nH]1)NC(=O)[C@H](CC(N)=O)NC(=O)CN)C(N)=O. The number of nitrogens with zero attached hydrogens (tertiary/aromatic N) is 2. The van der Waals surface area contributed by atoms with Crippen molar-refractivity contribution in [3.63, 3.8) is 0 Å². The third-order valence-corrected chi connectivity index (χ3v) is 13.0. The van der Waals surface area contributed by atoms with Crippen LogP contribution in [0.5, 0.6) is 0 Å². The highest BCUT2D eigenvalue weighted by molar-refractivity contribution is 5.99. The number of carbonyl (C=O) groups is 11. The molecule has 0 saturated carbocycles. The second kappa shape index (κ2) is 31.5. The number of hydrogen-bond acceptors (Lipinski definition) is 14. The lowest BCUT2D eigenvalue weighted by Crippen LogP contribution is -2.60. The van der Waals surface area contributed by atoms with E-state index in [4.69, 9.17) is 17.2 Å². The Morgan fingerprint density at radius 1 is 0.494 bits per heavy atom. The number of imidazole rings is 2. The molecule has 28 heteroatoms. The summed E-state index contributed by atoms with van der Waals surface area (Å²) in [7, 11) is 0. The average Bonchev–Trinajstić information content (AvgIpc) is 4.48. The maximum atomic E-state index is 14.3. The Morgan fingerprint density at radius 2 is 0.976 bits per heavy atom. The molecule has 18 N–H and O–H groups in total. The van der Waals surface area contributed by atoms with Gasteiger partial charge in [0, 0.05) is 66.6 Å². The van der Waals surface area contributed by atoms with E-state index in [0.717, 1.165) is 10.9 Å². The van der Waals surface area contributed by atoms with E-state index in [2.05, 4.69) is 72.8 Å². The molecule has 0 fully saturated rings. The van der Waals surface area contributed by atoms with Crippen molar-refractivity contribution in [3.05, 3.63) is 108 Å². The highest BCUT2D eigenvalue weighted by Gasteiger charge is 2.34. The standard InChI is InChI=1S/C55H75N17O11/c1-29(2)15-38(48(58)76)68-52(80)39(16-30(3)4)70-53(81)42(19-34-24-59-27-63-34)67-47(75)26-62-50(78)41(18-33-23-61-37-14-10-9-13-36(33)37)69-49(77)31(5)65-51(79)40(17-32-11-7-6-8-12-32)71-54(82)43(20-35-25-60-28-64-35)72-55(83)44(21-45(57)73)66-46(74)22-56/h6-14,23-25,27-31,38-44,61H,15-22,26,56H2,1-5H3,(H2,57,73)(H2,58,76)(H,59,63)(H,60,64)(H,62,78)(H,65,79)(H,66,74)(H,67,75)(H,68,80)(H,69,77)(H,70,81)(H,71,82)(H,72,83)/t31-,38-,39-,40+,41+,42+,43-,44-/m0/s1. The van der Waals surface area contributed by atoms with Crippen molar-refractivity contribution in [1.29, 1.82) is 0 Å². The molecule has 0 aliphatic carbocycles. The lowest BCUT2D eigenvalue weighted by Gasteiger charge is -2.26. The Bertz CT molecular complexity index is 3020. The van der Waals surface area contributed by atoms with Crippen LogP contribution in [-0.4, -0.2) is 151 Å². The van der Waals surface area contributed by atoms with E-state index in [9.17, 15) is 52.7 Å². The van der Waals surface area contributed by atoms with Crippen LogP contribution in [0.1, 0.15) is 76.4 Å². The zero-order chi connectivity index (χ0) is 60.8. The van der Waals surface area contributed by atoms with Crippen LogP contribution in [0.2, 0.25) is 0 Å². The van der Waals surface area contributed by atoms with Crippen molar-refractivity contribution >= 4 is 75.9 Å². The fourth-order valence-corrected chi connectivity index (χ4v) is 8.83. The quantitative estimate of drug-likeness (QED) is 0.0204. The number of nitrogens with one attached hydrogen (secondary N) is 12. The first-order valence-corrected chi connectivity index (χ1v) is 27.0. The molecule has 28 nitrogen and oxygen atoms in total. The van der Waals surface area contributed by atoms with E-state index in [-0.39, 0.29) is 50.4 Å². The van der Waals surface area contributed by atoms with Crippen molar-refractivity contribution in [2.24, 2.45) is 29.0 Å². The molecule has 3 aromatic heterocycles. The molecule has 0 radical (unpaired) electrons. The average molecular weight is 1150 g/mol. The van der Waals surface area contributed by atoms with E-state index in [1.54, 1.807) is 48.7 Å². The summed E-state index contributed by atoms with van der Waals surface area (Å²) in [6, 6.07) is 5.22. The van der Waals surface area contributed by atoms with Gasteiger partial charge in [0.25, 0.3) is 0 Å². The van der Waals surface area contributed by atoms with Crippen molar-refractivity contribution in [3.8, 4) is 0 Å². The minimum Gasteiger partial charge on any atom is -0.370 e. The van der Waals surface area contributed by atoms with Crippen LogP contribution in [0.25, 0.3) is 10.9 Å². The fourth-order valence-electron chi connectivity index (χ4n) is 8.83. The summed E-state index contributed by atoms with van der Waals surface area (Å²) in [6.07, 6.45) is 6.46. The first-order valence-electron chi connectivity index (χ1n) is 27.0. The number of benzene rings is 2. The van der Waals surface area contributed by atoms with Gasteiger partial charge in [-0.25, -0.2) is 9.97 Å². The molecule has 0 aliphatic heterocycles. The largest absolute Gasteiger partial charge is 0.370 e. The normalized spacial score (nSPS) is 14.1. The Hall–Kier alpha value is -9.47. The molecule has 0 spiro atoms. The van der Waals surface area contributed by atoms with Gasteiger partial charge >= 0.3 is 0 Å². The number of para-hydroxylation sites is 1. The summed E-state index contributed by atoms with van der Waals surface area (Å²) in [5, 5.41) is 24.0. The van der Waals surface area contributed by atoms with E-state index in [1.165, 1.54) is 32.0 Å². The third kappa shape index (κ3) is 20.9. The van der Waals surface area contributed by atoms with Gasteiger partial charge in [-0.1, -0.05) is 76.2 Å². The molecule has 8 atom stereocenters. The Balaban J connectivity index is 1.33. The number of primary amides is 2. The molecule has 0 unspecified atom stereocenters. The van der Waals surface area contributed by atoms with Gasteiger partial charge in [0.15, 0.2) is 0 Å². The Kier molecular flexibility index (Phi) is 24.4. The van der Waals surface area contributed by atoms with E-state index < -0.39 is 133 Å². The van der Waals surface area contributed by atoms with E-state index in [0.29, 0.717) is 22.5 Å². The van der Waals surface area contributed by atoms with Gasteiger partial charge in [-0.2, -0.15) is 0 Å². The molecule has 5 rings (SSSR count). The second-order valence-corrected chi connectivity index (χ2v) is 20.8. The Morgan fingerprint density at radius 3 is 1.54 bits per heavy atom. The van der Waals surface area contributed by atoms with E-state index >= 15 is 0 Å². The van der Waals surface area contributed by atoms with Gasteiger partial charge in [-0.05, 0) is 48.8 Å². The number of carbonyl (C=O) groups excluding carboxylic acids is 11. The number of fused-ring (bicyclic) bond motifs is 1. The molecular weight excluding hydrogens is 1070 g/mol. The monoisotopic (exact) mass is 1150 g/mol. The first kappa shape index (κ1) is 64.4. The minimum atomic E-state index is -1.51. The number of hydrogen-bond donors (Lipinski definition) is 15. The maximum Gasteiger partial charge on any atom is 0.243 e. The van der Waals surface area contributed by atoms with Gasteiger partial charge in [0.05, 0.1) is 32.2 Å². The first-order chi connectivity index (χ1) is 39.5. The minimum absolute atomic E-state index is 0.00761. The summed E-state index contributed by atoms with van der Waals surface area (Å²) >= 11 is 0. The summed E-state index contributed by atoms with van der Waals surface area (Å²) in [5.74, 6) is -9.14. The van der Waals surface area contributed by atoms with Gasteiger partial charge in [-0.15, -0.1) is 0 Å². The molecule has 2 aromatic carbocycles. The lowest BCUT2D eigenvalue weighted by atomic mass is 9.99. The van der Waals surface area contributed by atoms with Gasteiger partial charge < -0.3 is 80.0 Å². The van der Waals surface area contributed by atoms with Gasteiger partial charge in [0.2, 0.25) is 65.0 Å². The molecule has 0 bridgehead atoms. The zero-order valence-corrected chi connectivity index (χ0v) is 46.8. The van der Waals surface area contributed by atoms with Gasteiger partial charge in [0.1, 0.15) is 48.3 Å². The summed E-state index contributed by atoms with van der Waals surface area (Å²) < 4.78 is 0. The van der Waals surface area contributed by atoms with Crippen LogP contribution >= 0.6 is 0 Å². The zero-order valence-electron chi connectivity index (χ0n) is 46.8. The maximum absolute atomic E-state index is 14.3. The second-order valence-electron chi connectivity index (χ2n) is 20.8. The van der Waals surface area contributed by atoms with Crippen molar-refractivity contribution < 1.29 is 52.7 Å². The van der Waals surface area contributed by atoms with Crippen LogP contribution < -0.4 is 65.1 Å². The Labute approximate surface area is 478 Å². The van der Waals surface area contributed by atoms with Crippen LogP contribution in [0.3, 0.4) is 0 Å². The molecule has 5 aromatic rings. The molecule has 0 aliphatic rings. The number of amides is 11. The summed E-state index contributed by atoms with van der Waals surface area (Å²) in [5.41, 5.74) is 19.1. The predicted octanol–water partition coefficient (Wildman–Crippen LogP) is -2.69. The van der Waals surface area contributed by atoms with Crippen molar-refractivity contribution in [2.75, 3.05) is 13.1 Å². The summed E-state index contributed by atoms with van der Waals surface area (Å²) in [6.45, 7) is 7.53. The van der Waals surface area contributed by atoms with Crippen LogP contribution in [0.4, 0.5) is 0 Å². The van der Waals surface area contributed by atoms with Crippen LogP contribution in [0, 0.1) is 11.8 Å². The number of aromatic amines is 3. The van der Waals surface area contributed by atoms with Gasteiger partial charge in [-0.3, -0.25) is 52.7 Å². The fraction of sp³-hybridized carbons (Fsp3) is 0.436. The molecule has 11 amide bonds. The molecule has 3 heterocycles. The molecule has 446 valence electrons. The van der Waals surface area contributed by atoms with Crippen molar-refractivity contribution in [1.82, 2.24) is 72.8 Å². The summed E-state index contributed by atoms with van der Waals surface area (Å²) in [4.78, 5) is 165. The smallest absolute Gasteiger partial charge is 0.243 e. The third-order valence-electron chi connectivity index (χ3n) is 13.0. The highest BCUT2D eigenvalue weighted by atomic mass is 16.2. The number of H-pyrrole nitrogens is 3. The number of rotatable bonds is 33. The number of nitrogens with two attached hydrogens (primary N) is 3. The molecular formula is C55H75N17O11. The molecule has 0 saturated heterocycles. The van der Waals surface area contributed by atoms with E-state index in [1.807, 2.05) is 39.8 Å². The lowest BCUT2D eigenvalue weighted by molar-refractivity contribution is -0.135. The van der Waals surface area contributed by atoms with Crippen LogP contribution in [-0.2, 0) is 78.4 Å². The van der Waals surface area contributed by atoms with Crippen LogP contribution in [0.15, 0.2) is 85.8 Å². The van der Waals surface area contributed by atoms with Crippen molar-refractivity contribution in [2.45, 2.75) is 128 Å². The highest BCUT2D eigenvalue weighted by Crippen LogP contribution is 2.20. The predicted molar refractivity (Wildman–Crippen MR) is 302 cm³/mol. The molecule has 83 heavy (non-hydrogen) atoms. The topological polar surface area (TPSA) is 447 Å².